The quantitative estimate of drug-likeness (QED) is 0.776. The average molecular weight is 318 g/mol. The fourth-order valence-corrected chi connectivity index (χ4v) is 5.03. The highest BCUT2D eigenvalue weighted by Gasteiger charge is 2.39. The van der Waals surface area contributed by atoms with Gasteiger partial charge >= 0.3 is 0 Å². The Morgan fingerprint density at radius 1 is 0.917 bits per heavy atom. The predicted octanol–water partition coefficient (Wildman–Crippen LogP) is 4.99. The van der Waals surface area contributed by atoms with Gasteiger partial charge in [-0.3, -0.25) is 0 Å². The number of hydrogen-bond acceptors (Lipinski definition) is 2. The average Bonchev–Trinajstić information content (AvgIpc) is 2.99. The number of rotatable bonds is 2. The fourth-order valence-electron chi connectivity index (χ4n) is 5.03. The van der Waals surface area contributed by atoms with Crippen LogP contribution in [0.1, 0.15) is 53.0 Å². The maximum absolute atomic E-state index is 5.76. The number of ether oxygens (including phenoxy) is 2. The zero-order valence-corrected chi connectivity index (χ0v) is 14.3. The standard InChI is InChI=1S/C22H22O2/c1-23-15-9-6-13-7-10-17-21(18(13)12-15)16-5-3-4-14-8-11-19(24-2)22(17)20(14)16/h6,8-9,11-12,17H,3-5,7,10H2,1-2H3/t17-/m0/s1. The SMILES string of the molecule is COc1ccc2c(c1)C1=C3CCCc4ccc(OC)c(c43)[C@H]1CC2. The molecule has 3 aliphatic rings. The Balaban J connectivity index is 1.80. The highest BCUT2D eigenvalue weighted by molar-refractivity contribution is 6.03. The zero-order valence-electron chi connectivity index (χ0n) is 14.3. The van der Waals surface area contributed by atoms with Crippen molar-refractivity contribution in [3.63, 3.8) is 0 Å². The summed E-state index contributed by atoms with van der Waals surface area (Å²) in [4.78, 5) is 0. The van der Waals surface area contributed by atoms with Crippen LogP contribution in [0.5, 0.6) is 11.5 Å². The van der Waals surface area contributed by atoms with Gasteiger partial charge in [-0.05, 0) is 83.7 Å². The van der Waals surface area contributed by atoms with Crippen LogP contribution in [0.15, 0.2) is 30.3 Å². The van der Waals surface area contributed by atoms with Crippen LogP contribution >= 0.6 is 0 Å². The Morgan fingerprint density at radius 3 is 2.62 bits per heavy atom. The van der Waals surface area contributed by atoms with Crippen molar-refractivity contribution < 1.29 is 9.47 Å². The molecule has 0 N–H and O–H groups in total. The molecule has 0 amide bonds. The maximum atomic E-state index is 5.76. The minimum atomic E-state index is 0.489. The summed E-state index contributed by atoms with van der Waals surface area (Å²) < 4.78 is 11.3. The summed E-state index contributed by atoms with van der Waals surface area (Å²) in [7, 11) is 3.56. The van der Waals surface area contributed by atoms with Crippen molar-refractivity contribution in [1.82, 2.24) is 0 Å². The molecule has 0 radical (unpaired) electrons. The number of benzene rings is 2. The molecule has 0 spiro atoms. The van der Waals surface area contributed by atoms with Crippen LogP contribution < -0.4 is 9.47 Å². The van der Waals surface area contributed by atoms with E-state index in [2.05, 4.69) is 30.3 Å². The van der Waals surface area contributed by atoms with Gasteiger partial charge in [-0.2, -0.15) is 0 Å². The molecule has 24 heavy (non-hydrogen) atoms. The van der Waals surface area contributed by atoms with E-state index in [1.165, 1.54) is 53.5 Å². The summed E-state index contributed by atoms with van der Waals surface area (Å²) >= 11 is 0. The Kier molecular flexibility index (Phi) is 3.03. The second-order valence-electron chi connectivity index (χ2n) is 7.08. The molecule has 0 saturated heterocycles. The third-order valence-corrected chi connectivity index (χ3v) is 6.02. The second-order valence-corrected chi connectivity index (χ2v) is 7.08. The van der Waals surface area contributed by atoms with Crippen LogP contribution in [-0.2, 0) is 12.8 Å². The lowest BCUT2D eigenvalue weighted by atomic mass is 9.78. The van der Waals surface area contributed by atoms with Crippen molar-refractivity contribution in [2.45, 2.75) is 38.0 Å². The molecule has 2 aromatic carbocycles. The number of allylic oxidation sites excluding steroid dienone is 2. The van der Waals surface area contributed by atoms with Crippen LogP contribution in [0.25, 0.3) is 11.1 Å². The first-order valence-corrected chi connectivity index (χ1v) is 8.92. The molecule has 3 aliphatic carbocycles. The summed E-state index contributed by atoms with van der Waals surface area (Å²) in [6.45, 7) is 0. The van der Waals surface area contributed by atoms with Gasteiger partial charge in [0.1, 0.15) is 11.5 Å². The first-order chi connectivity index (χ1) is 11.8. The molecule has 0 aliphatic heterocycles. The second kappa shape index (κ2) is 5.14. The molecule has 0 unspecified atom stereocenters. The molecule has 1 atom stereocenters. The van der Waals surface area contributed by atoms with E-state index in [0.717, 1.165) is 17.9 Å². The van der Waals surface area contributed by atoms with E-state index in [-0.39, 0.29) is 0 Å². The number of hydrogen-bond donors (Lipinski definition) is 0. The van der Waals surface area contributed by atoms with Crippen LogP contribution in [0, 0.1) is 0 Å². The third kappa shape index (κ3) is 1.77. The van der Waals surface area contributed by atoms with Crippen LogP contribution in [0.4, 0.5) is 0 Å². The Morgan fingerprint density at radius 2 is 1.79 bits per heavy atom. The lowest BCUT2D eigenvalue weighted by Crippen LogP contribution is -2.10. The summed E-state index contributed by atoms with van der Waals surface area (Å²) in [6, 6.07) is 11.1. The maximum Gasteiger partial charge on any atom is 0.123 e. The molecule has 2 nitrogen and oxygen atoms in total. The van der Waals surface area contributed by atoms with Crippen molar-refractivity contribution in [3.8, 4) is 11.5 Å². The topological polar surface area (TPSA) is 18.5 Å². The minimum Gasteiger partial charge on any atom is -0.497 e. The predicted molar refractivity (Wildman–Crippen MR) is 96.8 cm³/mol. The van der Waals surface area contributed by atoms with Crippen LogP contribution in [-0.4, -0.2) is 14.2 Å². The molecule has 0 bridgehead atoms. The smallest absolute Gasteiger partial charge is 0.123 e. The number of fused-ring (bicyclic) bond motifs is 4. The van der Waals surface area contributed by atoms with Gasteiger partial charge in [0.15, 0.2) is 0 Å². The lowest BCUT2D eigenvalue weighted by Gasteiger charge is -2.27. The molecule has 0 heterocycles. The van der Waals surface area contributed by atoms with Crippen molar-refractivity contribution in [2.24, 2.45) is 0 Å². The van der Waals surface area contributed by atoms with Gasteiger partial charge in [0, 0.05) is 11.5 Å². The van der Waals surface area contributed by atoms with Gasteiger partial charge in [0.05, 0.1) is 14.2 Å². The van der Waals surface area contributed by atoms with E-state index >= 15 is 0 Å². The van der Waals surface area contributed by atoms with E-state index in [9.17, 15) is 0 Å². The summed E-state index contributed by atoms with van der Waals surface area (Å²) in [6.07, 6.45) is 5.96. The fraction of sp³-hybridized carbons (Fsp3) is 0.364. The Hall–Kier alpha value is -2.22. The Labute approximate surface area is 143 Å². The highest BCUT2D eigenvalue weighted by Crippen LogP contribution is 2.58. The molecule has 0 aromatic heterocycles. The molecular formula is C22H22O2. The molecule has 2 aromatic rings. The van der Waals surface area contributed by atoms with Crippen molar-refractivity contribution in [3.05, 3.63) is 58.1 Å². The monoisotopic (exact) mass is 318 g/mol. The first kappa shape index (κ1) is 14.2. The summed E-state index contributed by atoms with van der Waals surface area (Å²) in [5.74, 6) is 2.52. The van der Waals surface area contributed by atoms with E-state index in [1.54, 1.807) is 25.4 Å². The normalized spacial score (nSPS) is 20.3. The third-order valence-electron chi connectivity index (χ3n) is 6.02. The molecular weight excluding hydrogens is 296 g/mol. The van der Waals surface area contributed by atoms with Gasteiger partial charge in [-0.15, -0.1) is 0 Å². The van der Waals surface area contributed by atoms with E-state index in [0.29, 0.717) is 5.92 Å². The zero-order chi connectivity index (χ0) is 16.3. The van der Waals surface area contributed by atoms with E-state index in [4.69, 9.17) is 9.47 Å². The number of aryl methyl sites for hydroxylation is 2. The van der Waals surface area contributed by atoms with Gasteiger partial charge in [-0.25, -0.2) is 0 Å². The number of methoxy groups -OCH3 is 2. The molecule has 0 fully saturated rings. The minimum absolute atomic E-state index is 0.489. The molecule has 122 valence electrons. The van der Waals surface area contributed by atoms with Gasteiger partial charge in [0.2, 0.25) is 0 Å². The molecule has 5 rings (SSSR count). The van der Waals surface area contributed by atoms with E-state index < -0.39 is 0 Å². The molecule has 0 saturated carbocycles. The summed E-state index contributed by atoms with van der Waals surface area (Å²) in [5, 5.41) is 0. The van der Waals surface area contributed by atoms with Crippen molar-refractivity contribution >= 4 is 11.1 Å². The molecule has 2 heteroatoms. The lowest BCUT2D eigenvalue weighted by molar-refractivity contribution is 0.407. The highest BCUT2D eigenvalue weighted by atomic mass is 16.5. The van der Waals surface area contributed by atoms with Crippen LogP contribution in [0.3, 0.4) is 0 Å². The van der Waals surface area contributed by atoms with Gasteiger partial charge < -0.3 is 9.47 Å². The Bertz CT molecular complexity index is 876. The van der Waals surface area contributed by atoms with Crippen molar-refractivity contribution in [1.29, 1.82) is 0 Å². The summed E-state index contributed by atoms with van der Waals surface area (Å²) in [5.41, 5.74) is 10.5. The van der Waals surface area contributed by atoms with Crippen LogP contribution in [0.2, 0.25) is 0 Å². The van der Waals surface area contributed by atoms with Crippen molar-refractivity contribution in [2.75, 3.05) is 14.2 Å². The van der Waals surface area contributed by atoms with Gasteiger partial charge in [-0.1, -0.05) is 12.1 Å². The largest absolute Gasteiger partial charge is 0.497 e. The van der Waals surface area contributed by atoms with E-state index in [1.807, 2.05) is 0 Å². The first-order valence-electron chi connectivity index (χ1n) is 8.92. The van der Waals surface area contributed by atoms with Gasteiger partial charge in [0.25, 0.3) is 0 Å².